The molecule has 112 valence electrons. The molecule has 1 aromatic heterocycles. The lowest BCUT2D eigenvalue weighted by Gasteiger charge is -2.13. The van der Waals surface area contributed by atoms with Gasteiger partial charge in [-0.3, -0.25) is 4.79 Å². The third-order valence-corrected chi connectivity index (χ3v) is 3.24. The summed E-state index contributed by atoms with van der Waals surface area (Å²) in [5.74, 6) is -0.470. The van der Waals surface area contributed by atoms with Crippen LogP contribution in [0.25, 0.3) is 0 Å². The smallest absolute Gasteiger partial charge is 0.221 e. The van der Waals surface area contributed by atoms with E-state index >= 15 is 0 Å². The van der Waals surface area contributed by atoms with Gasteiger partial charge in [-0.25, -0.2) is 13.4 Å². The summed E-state index contributed by atoms with van der Waals surface area (Å²) in [6.07, 6.45) is 3.75. The monoisotopic (exact) mass is 328 g/mol. The molecule has 2 aromatic rings. The molecule has 0 unspecified atom stereocenters. The summed E-state index contributed by atoms with van der Waals surface area (Å²) in [6.45, 7) is 1.20. The standard InChI is InChI=1S/C8H8ClNO4S.C5H5N/c1-5(11)10-7-3-2-6(9)4-8(7)15(12,13)14;1-2-4-6-5-3-1/h2-4H,1H3,(H,10,11)(H,12,13,14);1-5H. The molecule has 0 bridgehead atoms. The number of carbonyl (C=O) groups is 1. The number of nitrogens with one attached hydrogen (secondary N) is 2. The third-order valence-electron chi connectivity index (χ3n) is 2.13. The van der Waals surface area contributed by atoms with Crippen molar-refractivity contribution >= 4 is 33.3 Å². The van der Waals surface area contributed by atoms with Gasteiger partial charge in [-0.15, -0.1) is 0 Å². The number of carbonyl (C=O) groups excluding carboxylic acids is 1. The van der Waals surface area contributed by atoms with Crippen molar-refractivity contribution in [2.75, 3.05) is 5.32 Å². The van der Waals surface area contributed by atoms with E-state index in [0.29, 0.717) is 0 Å². The molecule has 0 radical (unpaired) electrons. The normalized spacial score (nSPS) is 10.2. The van der Waals surface area contributed by atoms with Gasteiger partial charge >= 0.3 is 0 Å². The summed E-state index contributed by atoms with van der Waals surface area (Å²) in [4.78, 5) is 13.1. The molecule has 1 amide bonds. The van der Waals surface area contributed by atoms with Gasteiger partial charge in [0.25, 0.3) is 0 Å². The molecule has 0 saturated carbocycles. The molecule has 2 N–H and O–H groups in total. The molecule has 0 fully saturated rings. The number of halogens is 1. The second-order valence-corrected chi connectivity index (χ2v) is 5.64. The van der Waals surface area contributed by atoms with Gasteiger partial charge in [-0.2, -0.15) is 0 Å². The molecular weight excluding hydrogens is 316 g/mol. The van der Waals surface area contributed by atoms with Gasteiger partial charge in [-0.05, 0) is 18.2 Å². The van der Waals surface area contributed by atoms with Gasteiger partial charge < -0.3 is 9.87 Å². The molecule has 0 aliphatic heterocycles. The Kier molecular flexibility index (Phi) is 6.29. The van der Waals surface area contributed by atoms with E-state index < -0.39 is 20.9 Å². The van der Waals surface area contributed by atoms with Gasteiger partial charge in [-0.1, -0.05) is 17.7 Å². The Morgan fingerprint density at radius 3 is 2.24 bits per heavy atom. The van der Waals surface area contributed by atoms with Crippen LogP contribution in [0, 0.1) is 0 Å². The molecule has 0 spiro atoms. The second-order valence-electron chi connectivity index (χ2n) is 3.85. The highest BCUT2D eigenvalue weighted by atomic mass is 35.5. The Labute approximate surface area is 127 Å². The number of hydrogen-bond acceptors (Lipinski definition) is 4. The van der Waals surface area contributed by atoms with Crippen LogP contribution in [0.3, 0.4) is 0 Å². The molecule has 0 aliphatic rings. The van der Waals surface area contributed by atoms with Crippen LogP contribution >= 0.6 is 11.6 Å². The minimum atomic E-state index is -4.65. The first-order chi connectivity index (χ1) is 9.80. The highest BCUT2D eigenvalue weighted by Crippen LogP contribution is 2.24. The maximum Gasteiger partial charge on any atom is 0.221 e. The molecule has 1 aromatic carbocycles. The fourth-order valence-electron chi connectivity index (χ4n) is 1.34. The number of amides is 1. The number of benzene rings is 1. The fraction of sp³-hybridized carbons (Fsp3) is 0.0769. The molecule has 0 aliphatic carbocycles. The number of anilines is 1. The van der Waals surface area contributed by atoms with Crippen LogP contribution in [0.4, 0.5) is 5.69 Å². The SMILES string of the molecule is CC(=O)Nc1ccc(Cl)cc1S(=O)(=O)[O-].c1cc[nH+]cc1. The first-order valence-electron chi connectivity index (χ1n) is 5.75. The van der Waals surface area contributed by atoms with Crippen LogP contribution in [0.1, 0.15) is 6.92 Å². The summed E-state index contributed by atoms with van der Waals surface area (Å²) in [5.41, 5.74) is -0.0677. The molecule has 0 atom stereocenters. The van der Waals surface area contributed by atoms with Crippen molar-refractivity contribution in [3.63, 3.8) is 0 Å². The zero-order chi connectivity index (χ0) is 15.9. The second kappa shape index (κ2) is 7.72. The Balaban J connectivity index is 0.000000304. The molecule has 2 rings (SSSR count). The topological polar surface area (TPSA) is 100 Å². The van der Waals surface area contributed by atoms with Gasteiger partial charge in [0.15, 0.2) is 12.4 Å². The van der Waals surface area contributed by atoms with Crippen LogP contribution < -0.4 is 10.3 Å². The Hall–Kier alpha value is -1.96. The van der Waals surface area contributed by atoms with Crippen LogP contribution in [0.15, 0.2) is 53.7 Å². The number of aromatic amines is 1. The molecule has 21 heavy (non-hydrogen) atoms. The van der Waals surface area contributed by atoms with Gasteiger partial charge in [0, 0.05) is 24.1 Å². The highest BCUT2D eigenvalue weighted by molar-refractivity contribution is 7.86. The van der Waals surface area contributed by atoms with E-state index in [4.69, 9.17) is 11.6 Å². The Bertz CT molecular complexity index is 679. The summed E-state index contributed by atoms with van der Waals surface area (Å²) >= 11 is 5.54. The van der Waals surface area contributed by atoms with Crippen molar-refractivity contribution in [1.29, 1.82) is 0 Å². The minimum Gasteiger partial charge on any atom is -0.744 e. The van der Waals surface area contributed by atoms with Crippen LogP contribution in [0.2, 0.25) is 5.02 Å². The van der Waals surface area contributed by atoms with E-state index in [1.165, 1.54) is 19.1 Å². The molecule has 0 saturated heterocycles. The largest absolute Gasteiger partial charge is 0.744 e. The average Bonchev–Trinajstić information content (AvgIpc) is 2.42. The van der Waals surface area contributed by atoms with Crippen molar-refractivity contribution in [2.24, 2.45) is 0 Å². The van der Waals surface area contributed by atoms with Crippen molar-refractivity contribution in [1.82, 2.24) is 0 Å². The average molecular weight is 329 g/mol. The minimum absolute atomic E-state index is 0.0677. The number of aromatic nitrogens is 1. The molecule has 1 heterocycles. The summed E-state index contributed by atoms with van der Waals surface area (Å²) in [6, 6.07) is 9.49. The summed E-state index contributed by atoms with van der Waals surface area (Å²) in [7, 11) is -4.65. The van der Waals surface area contributed by atoms with E-state index in [0.717, 1.165) is 6.07 Å². The lowest BCUT2D eigenvalue weighted by molar-refractivity contribution is -0.377. The van der Waals surface area contributed by atoms with E-state index in [-0.39, 0.29) is 10.7 Å². The van der Waals surface area contributed by atoms with Gasteiger partial charge in [0.2, 0.25) is 5.91 Å². The van der Waals surface area contributed by atoms with Gasteiger partial charge in [0.05, 0.1) is 10.6 Å². The zero-order valence-corrected chi connectivity index (χ0v) is 12.6. The fourth-order valence-corrected chi connectivity index (χ4v) is 2.23. The Morgan fingerprint density at radius 2 is 1.86 bits per heavy atom. The lowest BCUT2D eigenvalue weighted by atomic mass is 10.3. The molecular formula is C13H13ClN2O4S. The number of hydrogen-bond donors (Lipinski definition) is 1. The maximum absolute atomic E-state index is 10.8. The zero-order valence-electron chi connectivity index (χ0n) is 11.0. The van der Waals surface area contributed by atoms with E-state index in [1.54, 1.807) is 0 Å². The predicted molar refractivity (Wildman–Crippen MR) is 76.7 cm³/mol. The lowest BCUT2D eigenvalue weighted by Crippen LogP contribution is -2.10. The van der Waals surface area contributed by atoms with Crippen LogP contribution in [0.5, 0.6) is 0 Å². The molecule has 8 heteroatoms. The first-order valence-corrected chi connectivity index (χ1v) is 7.53. The first kappa shape index (κ1) is 17.1. The van der Waals surface area contributed by atoms with Crippen molar-refractivity contribution in [2.45, 2.75) is 11.8 Å². The Morgan fingerprint density at radius 1 is 1.24 bits per heavy atom. The number of H-pyrrole nitrogens is 1. The quantitative estimate of drug-likeness (QED) is 0.848. The van der Waals surface area contributed by atoms with E-state index in [9.17, 15) is 17.8 Å². The third kappa shape index (κ3) is 6.35. The summed E-state index contributed by atoms with van der Waals surface area (Å²) < 4.78 is 32.5. The van der Waals surface area contributed by atoms with Crippen LogP contribution in [-0.4, -0.2) is 18.9 Å². The van der Waals surface area contributed by atoms with Crippen molar-refractivity contribution in [3.8, 4) is 0 Å². The van der Waals surface area contributed by atoms with Crippen molar-refractivity contribution in [3.05, 3.63) is 53.8 Å². The molecule has 6 nitrogen and oxygen atoms in total. The summed E-state index contributed by atoms with van der Waals surface area (Å²) in [5, 5.41) is 2.34. The maximum atomic E-state index is 10.8. The van der Waals surface area contributed by atoms with Gasteiger partial charge in [0.1, 0.15) is 10.1 Å². The number of pyridine rings is 1. The van der Waals surface area contributed by atoms with Crippen molar-refractivity contribution < 1.29 is 22.7 Å². The van der Waals surface area contributed by atoms with E-state index in [1.807, 2.05) is 30.6 Å². The van der Waals surface area contributed by atoms with E-state index in [2.05, 4.69) is 10.3 Å². The predicted octanol–water partition coefficient (Wildman–Crippen LogP) is 1.70. The van der Waals surface area contributed by atoms with Crippen LogP contribution in [-0.2, 0) is 14.9 Å². The number of rotatable bonds is 2. The highest BCUT2D eigenvalue weighted by Gasteiger charge is 2.10.